The van der Waals surface area contributed by atoms with Gasteiger partial charge in [0.2, 0.25) is 0 Å². The fraction of sp³-hybridized carbons (Fsp3) is 0.562. The number of aromatic nitrogens is 1. The summed E-state index contributed by atoms with van der Waals surface area (Å²) in [5.74, 6) is 0.564. The second-order valence-electron chi connectivity index (χ2n) is 6.36. The fourth-order valence-corrected chi connectivity index (χ4v) is 4.08. The van der Waals surface area contributed by atoms with Crippen LogP contribution in [0.25, 0.3) is 10.2 Å². The lowest BCUT2D eigenvalue weighted by molar-refractivity contribution is -0.137. The number of piperazine rings is 1. The Hall–Kier alpha value is -1.34. The Morgan fingerprint density at radius 1 is 1.39 bits per heavy atom. The van der Waals surface area contributed by atoms with Crippen molar-refractivity contribution in [1.29, 1.82) is 0 Å². The fourth-order valence-electron chi connectivity index (χ4n) is 2.98. The van der Waals surface area contributed by atoms with Crippen LogP contribution >= 0.6 is 11.3 Å². The minimum Gasteiger partial charge on any atom is -0.343 e. The summed E-state index contributed by atoms with van der Waals surface area (Å²) in [6, 6.07) is 4.12. The number of fused-ring (bicyclic) bond motifs is 1. The van der Waals surface area contributed by atoms with E-state index in [4.69, 9.17) is 0 Å². The molecule has 3 rings (SSSR count). The Labute approximate surface area is 137 Å². The summed E-state index contributed by atoms with van der Waals surface area (Å²) in [7, 11) is 0. The van der Waals surface area contributed by atoms with E-state index in [0.717, 1.165) is 37.3 Å². The third kappa shape index (κ3) is 3.61. The van der Waals surface area contributed by atoms with Crippen LogP contribution in [0.15, 0.2) is 18.2 Å². The number of nitrogens with zero attached hydrogens (tertiary/aromatic N) is 2. The molecule has 0 aliphatic carbocycles. The molecule has 126 valence electrons. The minimum absolute atomic E-state index is 0.339. The van der Waals surface area contributed by atoms with Crippen molar-refractivity contribution in [1.82, 2.24) is 10.3 Å². The minimum atomic E-state index is -4.31. The molecule has 1 saturated heterocycles. The van der Waals surface area contributed by atoms with Gasteiger partial charge < -0.3 is 10.2 Å². The average Bonchev–Trinajstić information content (AvgIpc) is 2.89. The van der Waals surface area contributed by atoms with E-state index in [9.17, 15) is 13.2 Å². The molecule has 7 heteroatoms. The molecule has 0 saturated carbocycles. The normalized spacial score (nSPS) is 19.7. The maximum absolute atomic E-state index is 12.8. The van der Waals surface area contributed by atoms with Gasteiger partial charge in [0.25, 0.3) is 0 Å². The number of rotatable bonds is 3. The van der Waals surface area contributed by atoms with Crippen molar-refractivity contribution >= 4 is 26.7 Å². The van der Waals surface area contributed by atoms with E-state index in [1.807, 2.05) is 0 Å². The van der Waals surface area contributed by atoms with E-state index in [-0.39, 0.29) is 0 Å². The number of thiazole rings is 1. The Balaban J connectivity index is 1.92. The van der Waals surface area contributed by atoms with Crippen LogP contribution in [-0.4, -0.2) is 30.7 Å². The van der Waals surface area contributed by atoms with Crippen molar-refractivity contribution in [3.63, 3.8) is 0 Å². The third-order valence-electron chi connectivity index (χ3n) is 4.04. The molecule has 23 heavy (non-hydrogen) atoms. The van der Waals surface area contributed by atoms with Crippen LogP contribution < -0.4 is 10.2 Å². The van der Waals surface area contributed by atoms with Crippen LogP contribution in [0, 0.1) is 5.92 Å². The van der Waals surface area contributed by atoms with E-state index in [1.54, 1.807) is 0 Å². The first-order chi connectivity index (χ1) is 10.8. The second kappa shape index (κ2) is 6.28. The zero-order chi connectivity index (χ0) is 16.6. The molecule has 2 aromatic rings. The summed E-state index contributed by atoms with van der Waals surface area (Å²) < 4.78 is 39.1. The van der Waals surface area contributed by atoms with Gasteiger partial charge in [-0.1, -0.05) is 25.2 Å². The van der Waals surface area contributed by atoms with Gasteiger partial charge in [0, 0.05) is 25.7 Å². The van der Waals surface area contributed by atoms with Gasteiger partial charge in [0.1, 0.15) is 0 Å². The van der Waals surface area contributed by atoms with Crippen molar-refractivity contribution in [3.8, 4) is 0 Å². The van der Waals surface area contributed by atoms with Gasteiger partial charge in [-0.05, 0) is 30.5 Å². The molecule has 1 aromatic heterocycles. The Kier molecular flexibility index (Phi) is 4.51. The summed E-state index contributed by atoms with van der Waals surface area (Å²) in [5, 5.41) is 4.21. The summed E-state index contributed by atoms with van der Waals surface area (Å²) in [5.41, 5.74) is 0.0269. The van der Waals surface area contributed by atoms with Crippen molar-refractivity contribution in [2.24, 2.45) is 5.92 Å². The van der Waals surface area contributed by atoms with Crippen LogP contribution in [0.3, 0.4) is 0 Å². The Morgan fingerprint density at radius 2 is 2.17 bits per heavy atom. The molecule has 0 bridgehead atoms. The van der Waals surface area contributed by atoms with Gasteiger partial charge in [0.05, 0.1) is 15.8 Å². The lowest BCUT2D eigenvalue weighted by Crippen LogP contribution is -2.51. The zero-order valence-corrected chi connectivity index (χ0v) is 14.0. The van der Waals surface area contributed by atoms with E-state index in [2.05, 4.69) is 29.0 Å². The Bertz CT molecular complexity index is 681. The van der Waals surface area contributed by atoms with Gasteiger partial charge in [-0.25, -0.2) is 4.98 Å². The molecule has 2 heterocycles. The zero-order valence-electron chi connectivity index (χ0n) is 13.2. The quantitative estimate of drug-likeness (QED) is 0.908. The first-order valence-electron chi connectivity index (χ1n) is 7.80. The number of benzene rings is 1. The van der Waals surface area contributed by atoms with Crippen LogP contribution in [0.1, 0.15) is 25.8 Å². The van der Waals surface area contributed by atoms with Crippen molar-refractivity contribution in [2.45, 2.75) is 32.5 Å². The van der Waals surface area contributed by atoms with E-state index in [1.165, 1.54) is 23.5 Å². The van der Waals surface area contributed by atoms with E-state index < -0.39 is 11.7 Å². The molecule has 0 spiro atoms. The van der Waals surface area contributed by atoms with Crippen molar-refractivity contribution in [3.05, 3.63) is 23.8 Å². The number of hydrogen-bond acceptors (Lipinski definition) is 4. The summed E-state index contributed by atoms with van der Waals surface area (Å²) in [6.07, 6.45) is -3.27. The van der Waals surface area contributed by atoms with Gasteiger partial charge in [-0.15, -0.1) is 0 Å². The predicted octanol–water partition coefficient (Wildman–Crippen LogP) is 4.14. The summed E-state index contributed by atoms with van der Waals surface area (Å²) >= 11 is 1.35. The lowest BCUT2D eigenvalue weighted by Gasteiger charge is -2.37. The van der Waals surface area contributed by atoms with Gasteiger partial charge in [-0.2, -0.15) is 13.2 Å². The highest BCUT2D eigenvalue weighted by atomic mass is 32.1. The number of anilines is 1. The number of alkyl halides is 3. The highest BCUT2D eigenvalue weighted by Crippen LogP contribution is 2.36. The number of nitrogens with one attached hydrogen (secondary N) is 1. The summed E-state index contributed by atoms with van der Waals surface area (Å²) in [4.78, 5) is 6.81. The topological polar surface area (TPSA) is 28.2 Å². The molecule has 1 N–H and O–H groups in total. The monoisotopic (exact) mass is 343 g/mol. The molecule has 0 amide bonds. The average molecular weight is 343 g/mol. The maximum atomic E-state index is 12.8. The largest absolute Gasteiger partial charge is 0.416 e. The maximum Gasteiger partial charge on any atom is 0.416 e. The molecular formula is C16H20F3N3S. The molecule has 1 aromatic carbocycles. The highest BCUT2D eigenvalue weighted by Gasteiger charge is 2.31. The van der Waals surface area contributed by atoms with Gasteiger partial charge in [-0.3, -0.25) is 0 Å². The first kappa shape index (κ1) is 16.5. The number of halogens is 3. The second-order valence-corrected chi connectivity index (χ2v) is 7.37. The molecule has 0 unspecified atom stereocenters. The molecule has 1 fully saturated rings. The van der Waals surface area contributed by atoms with Gasteiger partial charge in [0.15, 0.2) is 5.13 Å². The Morgan fingerprint density at radius 3 is 2.87 bits per heavy atom. The lowest BCUT2D eigenvalue weighted by atomic mass is 10.0. The van der Waals surface area contributed by atoms with Crippen LogP contribution in [-0.2, 0) is 6.18 Å². The number of hydrogen-bond donors (Lipinski definition) is 1. The molecular weight excluding hydrogens is 323 g/mol. The third-order valence-corrected chi connectivity index (χ3v) is 5.10. The first-order valence-corrected chi connectivity index (χ1v) is 8.61. The molecule has 1 aliphatic heterocycles. The van der Waals surface area contributed by atoms with Crippen LogP contribution in [0.5, 0.6) is 0 Å². The smallest absolute Gasteiger partial charge is 0.343 e. The van der Waals surface area contributed by atoms with Crippen LogP contribution in [0.4, 0.5) is 18.3 Å². The predicted molar refractivity (Wildman–Crippen MR) is 88.1 cm³/mol. The summed E-state index contributed by atoms with van der Waals surface area (Å²) in [6.45, 7) is 6.96. The van der Waals surface area contributed by atoms with Crippen molar-refractivity contribution < 1.29 is 13.2 Å². The highest BCUT2D eigenvalue weighted by molar-refractivity contribution is 7.22. The molecule has 3 nitrogen and oxygen atoms in total. The molecule has 1 aliphatic rings. The SMILES string of the molecule is CC(C)C[C@H]1CNCCN1c1nc2ccc(C(F)(F)F)cc2s1. The van der Waals surface area contributed by atoms with Crippen molar-refractivity contribution in [2.75, 3.05) is 24.5 Å². The van der Waals surface area contributed by atoms with E-state index >= 15 is 0 Å². The molecule has 1 atom stereocenters. The molecule has 0 radical (unpaired) electrons. The van der Waals surface area contributed by atoms with Gasteiger partial charge >= 0.3 is 6.18 Å². The van der Waals surface area contributed by atoms with E-state index in [0.29, 0.717) is 22.2 Å². The van der Waals surface area contributed by atoms with Crippen LogP contribution in [0.2, 0.25) is 0 Å². The standard InChI is InChI=1S/C16H20F3N3S/c1-10(2)7-12-9-20-5-6-22(12)15-21-13-4-3-11(16(17,18)19)8-14(13)23-15/h3-4,8,10,12,20H,5-7,9H2,1-2H3/t12-/m0/s1.